The fourth-order valence-corrected chi connectivity index (χ4v) is 1.44. The second kappa shape index (κ2) is 7.17. The average molecular weight is 204 g/mol. The van der Waals surface area contributed by atoms with Crippen molar-refractivity contribution in [2.24, 2.45) is 0 Å². The van der Waals surface area contributed by atoms with Gasteiger partial charge in [0.05, 0.1) is 38.6 Å². The summed E-state index contributed by atoms with van der Waals surface area (Å²) < 4.78 is 16.1. The first kappa shape index (κ1) is 11.9. The Kier molecular flexibility index (Phi) is 6.10. The quantitative estimate of drug-likeness (QED) is 0.659. The summed E-state index contributed by atoms with van der Waals surface area (Å²) in [7, 11) is 0. The zero-order chi connectivity index (χ0) is 10.2. The SMILES string of the molecule is CC(COCC1CCCO1)OCCO. The highest BCUT2D eigenvalue weighted by atomic mass is 16.6. The molecule has 1 saturated heterocycles. The van der Waals surface area contributed by atoms with E-state index in [9.17, 15) is 0 Å². The van der Waals surface area contributed by atoms with E-state index in [-0.39, 0.29) is 18.8 Å². The third-order valence-corrected chi connectivity index (χ3v) is 2.17. The van der Waals surface area contributed by atoms with Crippen LogP contribution in [-0.4, -0.2) is 50.3 Å². The number of aliphatic hydroxyl groups is 1. The van der Waals surface area contributed by atoms with Gasteiger partial charge >= 0.3 is 0 Å². The van der Waals surface area contributed by atoms with Crippen molar-refractivity contribution >= 4 is 0 Å². The Morgan fingerprint density at radius 1 is 1.57 bits per heavy atom. The Bertz CT molecular complexity index is 134. The van der Waals surface area contributed by atoms with E-state index in [0.717, 1.165) is 19.4 Å². The van der Waals surface area contributed by atoms with Crippen LogP contribution in [0.1, 0.15) is 19.8 Å². The molecule has 84 valence electrons. The molecule has 0 bridgehead atoms. The van der Waals surface area contributed by atoms with Crippen molar-refractivity contribution < 1.29 is 19.3 Å². The molecule has 2 atom stereocenters. The highest BCUT2D eigenvalue weighted by Crippen LogP contribution is 2.11. The molecule has 0 aromatic carbocycles. The molecular formula is C10H20O4. The van der Waals surface area contributed by atoms with E-state index in [2.05, 4.69) is 0 Å². The summed E-state index contributed by atoms with van der Waals surface area (Å²) in [6.45, 7) is 4.48. The molecule has 2 unspecified atom stereocenters. The molecule has 0 spiro atoms. The maximum absolute atomic E-state index is 8.53. The summed E-state index contributed by atoms with van der Waals surface area (Å²) in [5.74, 6) is 0. The molecule has 14 heavy (non-hydrogen) atoms. The van der Waals surface area contributed by atoms with Crippen LogP contribution < -0.4 is 0 Å². The molecule has 1 rings (SSSR count). The third-order valence-electron chi connectivity index (χ3n) is 2.17. The van der Waals surface area contributed by atoms with E-state index < -0.39 is 0 Å². The first-order chi connectivity index (χ1) is 6.83. The molecule has 0 radical (unpaired) electrons. The fourth-order valence-electron chi connectivity index (χ4n) is 1.44. The molecule has 0 aliphatic carbocycles. The molecule has 0 saturated carbocycles. The van der Waals surface area contributed by atoms with Crippen LogP contribution in [0.25, 0.3) is 0 Å². The number of hydrogen-bond acceptors (Lipinski definition) is 4. The largest absolute Gasteiger partial charge is 0.394 e. The maximum atomic E-state index is 8.53. The van der Waals surface area contributed by atoms with E-state index in [0.29, 0.717) is 19.8 Å². The van der Waals surface area contributed by atoms with Gasteiger partial charge in [-0.1, -0.05) is 0 Å². The molecule has 1 fully saturated rings. The molecule has 0 aromatic rings. The molecule has 4 heteroatoms. The predicted molar refractivity (Wildman–Crippen MR) is 52.3 cm³/mol. The van der Waals surface area contributed by atoms with E-state index in [4.69, 9.17) is 19.3 Å². The topological polar surface area (TPSA) is 47.9 Å². The van der Waals surface area contributed by atoms with E-state index in [1.807, 2.05) is 6.92 Å². The van der Waals surface area contributed by atoms with Crippen LogP contribution in [0.5, 0.6) is 0 Å². The van der Waals surface area contributed by atoms with Gasteiger partial charge < -0.3 is 19.3 Å². The second-order valence-electron chi connectivity index (χ2n) is 3.58. The lowest BCUT2D eigenvalue weighted by atomic mass is 10.2. The lowest BCUT2D eigenvalue weighted by Gasteiger charge is -2.14. The smallest absolute Gasteiger partial charge is 0.0809 e. The monoisotopic (exact) mass is 204 g/mol. The highest BCUT2D eigenvalue weighted by molar-refractivity contribution is 4.63. The van der Waals surface area contributed by atoms with Crippen molar-refractivity contribution in [1.29, 1.82) is 0 Å². The summed E-state index contributed by atoms with van der Waals surface area (Å²) >= 11 is 0. The minimum atomic E-state index is 0.0450. The van der Waals surface area contributed by atoms with Crippen LogP contribution in [0.4, 0.5) is 0 Å². The molecule has 0 amide bonds. The van der Waals surface area contributed by atoms with Gasteiger partial charge in [0.2, 0.25) is 0 Å². The van der Waals surface area contributed by atoms with Gasteiger partial charge in [-0.05, 0) is 19.8 Å². The number of aliphatic hydroxyl groups excluding tert-OH is 1. The van der Waals surface area contributed by atoms with E-state index in [1.165, 1.54) is 0 Å². The van der Waals surface area contributed by atoms with Gasteiger partial charge in [-0.15, -0.1) is 0 Å². The summed E-state index contributed by atoms with van der Waals surface area (Å²) in [5.41, 5.74) is 0. The van der Waals surface area contributed by atoms with E-state index >= 15 is 0 Å². The summed E-state index contributed by atoms with van der Waals surface area (Å²) in [6, 6.07) is 0. The number of hydrogen-bond donors (Lipinski definition) is 1. The van der Waals surface area contributed by atoms with Gasteiger partial charge in [-0.25, -0.2) is 0 Å². The number of rotatable bonds is 7. The van der Waals surface area contributed by atoms with Crippen molar-refractivity contribution in [3.63, 3.8) is 0 Å². The lowest BCUT2D eigenvalue weighted by molar-refractivity contribution is -0.0432. The van der Waals surface area contributed by atoms with Crippen molar-refractivity contribution in [3.05, 3.63) is 0 Å². The van der Waals surface area contributed by atoms with Gasteiger partial charge in [-0.3, -0.25) is 0 Å². The normalized spacial score (nSPS) is 24.0. The van der Waals surface area contributed by atoms with Crippen LogP contribution in [0.2, 0.25) is 0 Å². The fraction of sp³-hybridized carbons (Fsp3) is 1.00. The Hall–Kier alpha value is -0.160. The van der Waals surface area contributed by atoms with Crippen molar-refractivity contribution in [2.45, 2.75) is 32.0 Å². The van der Waals surface area contributed by atoms with Gasteiger partial charge in [0.15, 0.2) is 0 Å². The molecule has 1 heterocycles. The first-order valence-corrected chi connectivity index (χ1v) is 5.24. The van der Waals surface area contributed by atoms with Crippen molar-refractivity contribution in [1.82, 2.24) is 0 Å². The Labute approximate surface area is 85.2 Å². The van der Waals surface area contributed by atoms with Gasteiger partial charge in [-0.2, -0.15) is 0 Å². The maximum Gasteiger partial charge on any atom is 0.0809 e. The highest BCUT2D eigenvalue weighted by Gasteiger charge is 2.15. The predicted octanol–water partition coefficient (Wildman–Crippen LogP) is 0.579. The third kappa shape index (κ3) is 4.91. The summed E-state index contributed by atoms with van der Waals surface area (Å²) in [5, 5.41) is 8.53. The minimum Gasteiger partial charge on any atom is -0.394 e. The second-order valence-corrected chi connectivity index (χ2v) is 3.58. The van der Waals surface area contributed by atoms with Crippen LogP contribution in [0.3, 0.4) is 0 Å². The minimum absolute atomic E-state index is 0.0450. The Balaban J connectivity index is 1.91. The van der Waals surface area contributed by atoms with Crippen molar-refractivity contribution in [2.75, 3.05) is 33.0 Å². The van der Waals surface area contributed by atoms with Crippen molar-refractivity contribution in [3.8, 4) is 0 Å². The van der Waals surface area contributed by atoms with E-state index in [1.54, 1.807) is 0 Å². The Morgan fingerprint density at radius 2 is 2.43 bits per heavy atom. The lowest BCUT2D eigenvalue weighted by Crippen LogP contribution is -2.22. The summed E-state index contributed by atoms with van der Waals surface area (Å²) in [4.78, 5) is 0. The van der Waals surface area contributed by atoms with Crippen LogP contribution in [0.15, 0.2) is 0 Å². The molecule has 0 aromatic heterocycles. The standard InChI is InChI=1S/C10H20O4/c1-9(13-6-4-11)7-12-8-10-3-2-5-14-10/h9-11H,2-8H2,1H3. The molecule has 4 nitrogen and oxygen atoms in total. The molecule has 1 aliphatic heterocycles. The van der Waals surface area contributed by atoms with Gasteiger partial charge in [0, 0.05) is 6.61 Å². The van der Waals surface area contributed by atoms with Crippen LogP contribution >= 0.6 is 0 Å². The Morgan fingerprint density at radius 3 is 3.07 bits per heavy atom. The van der Waals surface area contributed by atoms with Crippen LogP contribution in [-0.2, 0) is 14.2 Å². The van der Waals surface area contributed by atoms with Crippen LogP contribution in [0, 0.1) is 0 Å². The van der Waals surface area contributed by atoms with Gasteiger partial charge in [0.25, 0.3) is 0 Å². The zero-order valence-electron chi connectivity index (χ0n) is 8.78. The number of ether oxygens (including phenoxy) is 3. The first-order valence-electron chi connectivity index (χ1n) is 5.24. The average Bonchev–Trinajstić information content (AvgIpc) is 2.67. The molecule has 1 aliphatic rings. The van der Waals surface area contributed by atoms with Gasteiger partial charge in [0.1, 0.15) is 0 Å². The molecular weight excluding hydrogens is 184 g/mol. The molecule has 1 N–H and O–H groups in total. The summed E-state index contributed by atoms with van der Waals surface area (Å²) in [6.07, 6.45) is 2.57. The zero-order valence-corrected chi connectivity index (χ0v) is 8.78.